The summed E-state index contributed by atoms with van der Waals surface area (Å²) in [6.07, 6.45) is 35.4. The van der Waals surface area contributed by atoms with Crippen molar-refractivity contribution in [1.29, 1.82) is 0 Å². The van der Waals surface area contributed by atoms with Gasteiger partial charge >= 0.3 is 19.8 Å². The molecule has 6 unspecified atom stereocenters. The molecule has 1 saturated carbocycles. The minimum Gasteiger partial charge on any atom is -0.462 e. The number of phosphoric ester groups is 1. The Bertz CT molecular complexity index is 1380. The van der Waals surface area contributed by atoms with Crippen molar-refractivity contribution in [2.24, 2.45) is 0 Å². The zero-order valence-electron chi connectivity index (χ0n) is 38.3. The fourth-order valence-corrected chi connectivity index (χ4v) is 7.76. The quantitative estimate of drug-likeness (QED) is 0.0148. The smallest absolute Gasteiger partial charge is 0.462 e. The molecule has 0 heterocycles. The summed E-state index contributed by atoms with van der Waals surface area (Å²) >= 11 is 0. The zero-order chi connectivity index (χ0) is 46.4. The van der Waals surface area contributed by atoms with E-state index >= 15 is 0 Å². The average molecular weight is 911 g/mol. The Morgan fingerprint density at radius 2 is 0.905 bits per heavy atom. The molecule has 0 aromatic heterocycles. The van der Waals surface area contributed by atoms with Gasteiger partial charge in [-0.3, -0.25) is 18.6 Å². The van der Waals surface area contributed by atoms with Gasteiger partial charge in [-0.25, -0.2) is 4.57 Å². The molecule has 0 amide bonds. The van der Waals surface area contributed by atoms with Crippen LogP contribution in [-0.2, 0) is 32.7 Å². The van der Waals surface area contributed by atoms with Crippen molar-refractivity contribution in [2.45, 2.75) is 211 Å². The molecule has 63 heavy (non-hydrogen) atoms. The molecule has 14 heteroatoms. The Labute approximate surface area is 378 Å². The highest BCUT2D eigenvalue weighted by atomic mass is 31.2. The number of aliphatic hydroxyl groups excluding tert-OH is 5. The van der Waals surface area contributed by atoms with Gasteiger partial charge in [0.05, 0.1) is 6.61 Å². The molecule has 1 aliphatic carbocycles. The summed E-state index contributed by atoms with van der Waals surface area (Å²) in [5.74, 6) is -1.20. The van der Waals surface area contributed by atoms with E-state index in [0.29, 0.717) is 19.3 Å². The fraction of sp³-hybridized carbons (Fsp3) is 0.714. The Balaban J connectivity index is 2.50. The van der Waals surface area contributed by atoms with Crippen LogP contribution in [0.15, 0.2) is 72.9 Å². The minimum absolute atomic E-state index is 0.0401. The summed E-state index contributed by atoms with van der Waals surface area (Å²) in [6.45, 7) is 3.12. The average Bonchev–Trinajstić information content (AvgIpc) is 3.26. The highest BCUT2D eigenvalue weighted by Gasteiger charge is 2.51. The van der Waals surface area contributed by atoms with Crippen molar-refractivity contribution in [1.82, 2.24) is 0 Å². The minimum atomic E-state index is -5.14. The number of unbranched alkanes of at least 4 members (excludes halogenated alkanes) is 14. The molecule has 0 bridgehead atoms. The normalized spacial score (nSPS) is 22.3. The highest BCUT2D eigenvalue weighted by Crippen LogP contribution is 2.47. The largest absolute Gasteiger partial charge is 0.472 e. The van der Waals surface area contributed by atoms with E-state index in [1.54, 1.807) is 0 Å². The monoisotopic (exact) mass is 911 g/mol. The number of carbonyl (C=O) groups excluding carboxylic acids is 2. The fourth-order valence-electron chi connectivity index (χ4n) is 6.78. The Kier molecular flexibility index (Phi) is 35.7. The van der Waals surface area contributed by atoms with Gasteiger partial charge in [-0.1, -0.05) is 177 Å². The van der Waals surface area contributed by atoms with Gasteiger partial charge in [0, 0.05) is 12.8 Å². The van der Waals surface area contributed by atoms with E-state index in [1.807, 2.05) is 18.2 Å². The van der Waals surface area contributed by atoms with E-state index in [1.165, 1.54) is 64.2 Å². The Morgan fingerprint density at radius 3 is 1.35 bits per heavy atom. The number of aliphatic hydroxyl groups is 5. The Morgan fingerprint density at radius 1 is 0.508 bits per heavy atom. The van der Waals surface area contributed by atoms with Crippen LogP contribution in [0.4, 0.5) is 0 Å². The van der Waals surface area contributed by atoms with E-state index in [0.717, 1.165) is 57.8 Å². The van der Waals surface area contributed by atoms with Crippen LogP contribution in [0.25, 0.3) is 0 Å². The Hall–Kier alpha value is -2.71. The highest BCUT2D eigenvalue weighted by molar-refractivity contribution is 7.47. The van der Waals surface area contributed by atoms with E-state index in [4.69, 9.17) is 18.5 Å². The summed E-state index contributed by atoms with van der Waals surface area (Å²) in [6, 6.07) is 0. The lowest BCUT2D eigenvalue weighted by Crippen LogP contribution is -2.64. The predicted molar refractivity (Wildman–Crippen MR) is 249 cm³/mol. The maximum absolute atomic E-state index is 12.8. The molecule has 0 aliphatic heterocycles. The van der Waals surface area contributed by atoms with Crippen molar-refractivity contribution < 1.29 is 63.1 Å². The van der Waals surface area contributed by atoms with Gasteiger partial charge in [0.15, 0.2) is 6.10 Å². The lowest BCUT2D eigenvalue weighted by atomic mass is 9.85. The van der Waals surface area contributed by atoms with Crippen LogP contribution in [0.2, 0.25) is 0 Å². The number of carbonyl (C=O) groups is 2. The van der Waals surface area contributed by atoms with E-state index in [-0.39, 0.29) is 12.8 Å². The van der Waals surface area contributed by atoms with Crippen LogP contribution < -0.4 is 0 Å². The number of rotatable bonds is 38. The standard InChI is InChI=1S/C49H83O13P/c1-3-5-7-9-11-13-15-17-19-20-21-22-24-25-27-29-31-33-35-37-42(50)59-39-41(40-60-63(57,58)62-49-47(55)45(53)44(52)46(54)48(49)56)61-43(51)38-36-34-32-30-28-26-23-18-16-14-12-10-8-6-4-2/h5,7,11,13,17,19,21-22,25,27,31,33,41,44-49,52-56H,3-4,6,8-10,12,14-16,18,20,23-24,26,28-30,32,34-40H2,1-2H3,(H,57,58)/b7-5-,13-11-,19-17-,22-21-,27-25-,33-31-/t41-,44?,45-,46?,47?,48?,49?/m1/s1. The van der Waals surface area contributed by atoms with Crippen molar-refractivity contribution in [3.63, 3.8) is 0 Å². The molecule has 0 radical (unpaired) electrons. The number of ether oxygens (including phenoxy) is 2. The molecule has 0 aromatic carbocycles. The van der Waals surface area contributed by atoms with Crippen LogP contribution in [0.1, 0.15) is 168 Å². The molecular weight excluding hydrogens is 827 g/mol. The number of esters is 2. The molecule has 0 aromatic rings. The van der Waals surface area contributed by atoms with E-state index in [9.17, 15) is 44.6 Å². The number of allylic oxidation sites excluding steroid dienone is 12. The van der Waals surface area contributed by atoms with Gasteiger partial charge in [-0.2, -0.15) is 0 Å². The van der Waals surface area contributed by atoms with E-state index < -0.39 is 75.7 Å². The molecule has 1 rings (SSSR count). The van der Waals surface area contributed by atoms with E-state index in [2.05, 4.69) is 68.5 Å². The summed E-state index contributed by atoms with van der Waals surface area (Å²) < 4.78 is 33.5. The van der Waals surface area contributed by atoms with Gasteiger partial charge in [0.25, 0.3) is 0 Å². The van der Waals surface area contributed by atoms with Gasteiger partial charge < -0.3 is 39.9 Å². The van der Waals surface area contributed by atoms with Crippen LogP contribution in [0.5, 0.6) is 0 Å². The van der Waals surface area contributed by atoms with Gasteiger partial charge in [0.1, 0.15) is 43.2 Å². The van der Waals surface area contributed by atoms with Crippen molar-refractivity contribution >= 4 is 19.8 Å². The molecule has 1 aliphatic rings. The molecule has 13 nitrogen and oxygen atoms in total. The summed E-state index contributed by atoms with van der Waals surface area (Å²) in [7, 11) is -5.14. The SMILES string of the molecule is CC/C=C\C/C=C\C/C=C\C/C=C\C/C=C\C/C=C\CCC(=O)OC[C@H](COP(=O)(O)OC1C(O)C(O)C(O)[C@@H](O)C1O)OC(=O)CCCCCCCCCCCCCCCCC. The first-order valence-electron chi connectivity index (χ1n) is 23.7. The molecule has 0 saturated heterocycles. The molecule has 362 valence electrons. The van der Waals surface area contributed by atoms with Crippen molar-refractivity contribution in [2.75, 3.05) is 13.2 Å². The third kappa shape index (κ3) is 31.0. The summed E-state index contributed by atoms with van der Waals surface area (Å²) in [5.41, 5.74) is 0. The second-order valence-corrected chi connectivity index (χ2v) is 17.6. The summed E-state index contributed by atoms with van der Waals surface area (Å²) in [4.78, 5) is 35.7. The second-order valence-electron chi connectivity index (χ2n) is 16.2. The first kappa shape index (κ1) is 58.3. The topological polar surface area (TPSA) is 210 Å². The zero-order valence-corrected chi connectivity index (χ0v) is 39.2. The number of hydrogen-bond acceptors (Lipinski definition) is 12. The second kappa shape index (κ2) is 38.5. The van der Waals surface area contributed by atoms with Gasteiger partial charge in [-0.05, 0) is 51.4 Å². The first-order chi connectivity index (χ1) is 30.4. The molecule has 0 spiro atoms. The van der Waals surface area contributed by atoms with Crippen LogP contribution in [0, 0.1) is 0 Å². The molecular formula is C49H83O13P. The van der Waals surface area contributed by atoms with Crippen molar-refractivity contribution in [3.05, 3.63) is 72.9 Å². The lowest BCUT2D eigenvalue weighted by molar-refractivity contribution is -0.220. The van der Waals surface area contributed by atoms with Crippen molar-refractivity contribution in [3.8, 4) is 0 Å². The third-order valence-corrected chi connectivity index (χ3v) is 11.6. The van der Waals surface area contributed by atoms with Gasteiger partial charge in [-0.15, -0.1) is 0 Å². The first-order valence-corrected chi connectivity index (χ1v) is 25.2. The van der Waals surface area contributed by atoms with Crippen LogP contribution in [0.3, 0.4) is 0 Å². The molecule has 6 N–H and O–H groups in total. The maximum Gasteiger partial charge on any atom is 0.472 e. The third-order valence-electron chi connectivity index (χ3n) is 10.6. The lowest BCUT2D eigenvalue weighted by Gasteiger charge is -2.41. The maximum atomic E-state index is 12.8. The van der Waals surface area contributed by atoms with Gasteiger partial charge in [0.2, 0.25) is 0 Å². The molecule has 8 atom stereocenters. The molecule has 1 fully saturated rings. The number of phosphoric acid groups is 1. The number of hydrogen-bond donors (Lipinski definition) is 6. The van der Waals surface area contributed by atoms with Crippen LogP contribution in [-0.4, -0.2) is 98.3 Å². The summed E-state index contributed by atoms with van der Waals surface area (Å²) in [5, 5.41) is 50.2. The predicted octanol–water partition coefficient (Wildman–Crippen LogP) is 9.50. The van der Waals surface area contributed by atoms with Crippen LogP contribution >= 0.6 is 7.82 Å².